The van der Waals surface area contributed by atoms with Crippen LogP contribution in [0.5, 0.6) is 0 Å². The van der Waals surface area contributed by atoms with Crippen molar-refractivity contribution in [1.82, 2.24) is 0 Å². The minimum atomic E-state index is -0.678. The van der Waals surface area contributed by atoms with E-state index in [0.29, 0.717) is 20.8 Å². The van der Waals surface area contributed by atoms with E-state index in [2.05, 4.69) is 21.2 Å². The average Bonchev–Trinajstić information content (AvgIpc) is 2.12. The predicted octanol–water partition coefficient (Wildman–Crippen LogP) is 4.76. The van der Waals surface area contributed by atoms with Crippen LogP contribution in [0.1, 0.15) is 13.8 Å². The average molecular weight is 345 g/mol. The third-order valence-electron chi connectivity index (χ3n) is 1.80. The summed E-state index contributed by atoms with van der Waals surface area (Å²) in [6.07, 6.45) is 0. The number of hydrogen-bond donors (Lipinski definition) is 1. The molecule has 2 nitrogen and oxygen atoms in total. The number of halogens is 4. The van der Waals surface area contributed by atoms with E-state index in [0.717, 1.165) is 0 Å². The third kappa shape index (κ3) is 3.52. The number of carbonyl (C=O) groups excluding carboxylic acids is 1. The van der Waals surface area contributed by atoms with Gasteiger partial charge in [0.15, 0.2) is 0 Å². The molecular weight excluding hydrogens is 336 g/mol. The first-order chi connectivity index (χ1) is 7.21. The normalized spacial score (nSPS) is 11.4. The lowest BCUT2D eigenvalue weighted by Gasteiger charge is -2.16. The molecule has 0 fully saturated rings. The van der Waals surface area contributed by atoms with Gasteiger partial charge in [-0.1, -0.05) is 50.7 Å². The summed E-state index contributed by atoms with van der Waals surface area (Å²) in [4.78, 5) is 11.7. The van der Waals surface area contributed by atoms with Crippen LogP contribution in [-0.4, -0.2) is 10.2 Å². The number of anilines is 1. The van der Waals surface area contributed by atoms with Gasteiger partial charge in [0.05, 0.1) is 25.1 Å². The van der Waals surface area contributed by atoms with Gasteiger partial charge in [-0.05, 0) is 26.0 Å². The second-order valence-electron chi connectivity index (χ2n) is 3.67. The van der Waals surface area contributed by atoms with Gasteiger partial charge in [0, 0.05) is 0 Å². The summed E-state index contributed by atoms with van der Waals surface area (Å²) in [7, 11) is 0. The predicted molar refractivity (Wildman–Crippen MR) is 73.1 cm³/mol. The largest absolute Gasteiger partial charge is 0.324 e. The Hall–Kier alpha value is 0.0400. The molecule has 0 saturated carbocycles. The van der Waals surface area contributed by atoms with Crippen molar-refractivity contribution >= 4 is 62.3 Å². The van der Waals surface area contributed by atoms with Gasteiger partial charge < -0.3 is 5.32 Å². The fourth-order valence-corrected chi connectivity index (χ4v) is 1.58. The minimum absolute atomic E-state index is 0.215. The molecule has 0 aliphatic heterocycles. The van der Waals surface area contributed by atoms with Crippen LogP contribution in [0, 0.1) is 0 Å². The Labute approximate surface area is 117 Å². The molecule has 0 radical (unpaired) electrons. The van der Waals surface area contributed by atoms with Crippen LogP contribution in [0.3, 0.4) is 0 Å². The quantitative estimate of drug-likeness (QED) is 0.608. The number of nitrogens with one attached hydrogen (secondary N) is 1. The van der Waals surface area contributed by atoms with Crippen LogP contribution in [-0.2, 0) is 4.79 Å². The number of carbonyl (C=O) groups is 1. The number of benzene rings is 1. The molecule has 1 amide bonds. The molecule has 6 heteroatoms. The lowest BCUT2D eigenvalue weighted by atomic mass is 10.2. The minimum Gasteiger partial charge on any atom is -0.324 e. The Bertz CT molecular complexity index is 429. The zero-order valence-corrected chi connectivity index (χ0v) is 12.4. The maximum Gasteiger partial charge on any atom is 0.240 e. The van der Waals surface area contributed by atoms with Gasteiger partial charge in [-0.15, -0.1) is 0 Å². The number of alkyl halides is 1. The van der Waals surface area contributed by atoms with E-state index in [1.54, 1.807) is 13.8 Å². The van der Waals surface area contributed by atoms with Crippen molar-refractivity contribution in [2.75, 3.05) is 5.32 Å². The number of rotatable bonds is 2. The van der Waals surface area contributed by atoms with Gasteiger partial charge in [0.1, 0.15) is 0 Å². The molecule has 0 aliphatic carbocycles. The first kappa shape index (κ1) is 14.1. The standard InChI is InChI=1S/C10H9BrCl3NO/c1-10(2,11)9(16)15-8-4-6(13)5(12)3-7(8)14/h3-4H,1-2H3,(H,15,16). The van der Waals surface area contributed by atoms with Gasteiger partial charge in [0.25, 0.3) is 0 Å². The van der Waals surface area contributed by atoms with Crippen LogP contribution in [0.2, 0.25) is 15.1 Å². The third-order valence-corrected chi connectivity index (χ3v) is 3.19. The summed E-state index contributed by atoms with van der Waals surface area (Å²) in [5, 5.41) is 3.70. The zero-order chi connectivity index (χ0) is 12.5. The SMILES string of the molecule is CC(C)(Br)C(=O)Nc1cc(Cl)c(Cl)cc1Cl. The molecule has 88 valence electrons. The summed E-state index contributed by atoms with van der Waals surface area (Å²) >= 11 is 20.8. The first-order valence-corrected chi connectivity index (χ1v) is 6.29. The summed E-state index contributed by atoms with van der Waals surface area (Å²) < 4.78 is -0.678. The van der Waals surface area contributed by atoms with E-state index in [1.165, 1.54) is 12.1 Å². The zero-order valence-electron chi connectivity index (χ0n) is 8.57. The lowest BCUT2D eigenvalue weighted by molar-refractivity contribution is -0.117. The number of hydrogen-bond acceptors (Lipinski definition) is 1. The Morgan fingerprint density at radius 3 is 2.19 bits per heavy atom. The fraction of sp³-hybridized carbons (Fsp3) is 0.300. The molecule has 1 aromatic carbocycles. The van der Waals surface area contributed by atoms with Crippen LogP contribution >= 0.6 is 50.7 Å². The first-order valence-electron chi connectivity index (χ1n) is 4.36. The van der Waals surface area contributed by atoms with E-state index in [9.17, 15) is 4.79 Å². The van der Waals surface area contributed by atoms with Gasteiger partial charge in [-0.3, -0.25) is 4.79 Å². The van der Waals surface area contributed by atoms with Gasteiger partial charge in [-0.25, -0.2) is 0 Å². The maximum atomic E-state index is 11.7. The van der Waals surface area contributed by atoms with E-state index < -0.39 is 4.32 Å². The van der Waals surface area contributed by atoms with Crippen LogP contribution in [0.15, 0.2) is 12.1 Å². The molecule has 1 N–H and O–H groups in total. The molecule has 1 aromatic rings. The summed E-state index contributed by atoms with van der Waals surface area (Å²) in [6.45, 7) is 3.46. The van der Waals surface area contributed by atoms with Crippen LogP contribution < -0.4 is 5.32 Å². The highest BCUT2D eigenvalue weighted by Crippen LogP contribution is 2.33. The topological polar surface area (TPSA) is 29.1 Å². The molecule has 1 rings (SSSR count). The van der Waals surface area contributed by atoms with Crippen LogP contribution in [0.4, 0.5) is 5.69 Å². The second-order valence-corrected chi connectivity index (χ2v) is 6.88. The second kappa shape index (κ2) is 5.13. The van der Waals surface area contributed by atoms with E-state index in [-0.39, 0.29) is 5.91 Å². The highest BCUT2D eigenvalue weighted by atomic mass is 79.9. The monoisotopic (exact) mass is 343 g/mol. The maximum absolute atomic E-state index is 11.7. The fourth-order valence-electron chi connectivity index (χ4n) is 0.889. The summed E-state index contributed by atoms with van der Waals surface area (Å²) in [5.74, 6) is -0.215. The molecule has 0 aliphatic rings. The molecule has 0 spiro atoms. The molecule has 0 unspecified atom stereocenters. The van der Waals surface area contributed by atoms with Gasteiger partial charge in [0.2, 0.25) is 5.91 Å². The smallest absolute Gasteiger partial charge is 0.240 e. The van der Waals surface area contributed by atoms with Crippen molar-refractivity contribution < 1.29 is 4.79 Å². The van der Waals surface area contributed by atoms with Crippen molar-refractivity contribution in [3.05, 3.63) is 27.2 Å². The van der Waals surface area contributed by atoms with Crippen LogP contribution in [0.25, 0.3) is 0 Å². The molecule has 16 heavy (non-hydrogen) atoms. The Balaban J connectivity index is 2.99. The van der Waals surface area contributed by atoms with E-state index >= 15 is 0 Å². The molecule has 0 bridgehead atoms. The Morgan fingerprint density at radius 2 is 1.69 bits per heavy atom. The van der Waals surface area contributed by atoms with Crippen molar-refractivity contribution in [3.8, 4) is 0 Å². The van der Waals surface area contributed by atoms with Gasteiger partial charge in [-0.2, -0.15) is 0 Å². The molecule has 0 atom stereocenters. The summed E-state index contributed by atoms with van der Waals surface area (Å²) in [6, 6.07) is 3.01. The van der Waals surface area contributed by atoms with E-state index in [4.69, 9.17) is 34.8 Å². The van der Waals surface area contributed by atoms with Crippen molar-refractivity contribution in [1.29, 1.82) is 0 Å². The Kier molecular flexibility index (Phi) is 4.52. The van der Waals surface area contributed by atoms with Crippen molar-refractivity contribution in [2.45, 2.75) is 18.2 Å². The lowest BCUT2D eigenvalue weighted by Crippen LogP contribution is -2.31. The molecular formula is C10H9BrCl3NO. The highest BCUT2D eigenvalue weighted by Gasteiger charge is 2.24. The summed E-state index contributed by atoms with van der Waals surface area (Å²) in [5.41, 5.74) is 0.439. The van der Waals surface area contributed by atoms with E-state index in [1.807, 2.05) is 0 Å². The molecule has 0 saturated heterocycles. The van der Waals surface area contributed by atoms with Gasteiger partial charge >= 0.3 is 0 Å². The molecule has 0 heterocycles. The van der Waals surface area contributed by atoms with Crippen molar-refractivity contribution in [3.63, 3.8) is 0 Å². The molecule has 0 aromatic heterocycles. The highest BCUT2D eigenvalue weighted by molar-refractivity contribution is 9.10. The Morgan fingerprint density at radius 1 is 1.19 bits per heavy atom. The van der Waals surface area contributed by atoms with Crippen molar-refractivity contribution in [2.24, 2.45) is 0 Å². The number of amides is 1.